The van der Waals surface area contributed by atoms with Crippen LogP contribution >= 0.6 is 33.2 Å². The summed E-state index contributed by atoms with van der Waals surface area (Å²) in [5, 5.41) is 3.15. The topological polar surface area (TPSA) is 38.3 Å². The lowest BCUT2D eigenvalue weighted by Gasteiger charge is -2.14. The number of halogens is 1. The molecule has 0 fully saturated rings. The van der Waals surface area contributed by atoms with Gasteiger partial charge in [-0.15, -0.1) is 0 Å². The molecule has 3 nitrogen and oxygen atoms in total. The molecule has 1 heterocycles. The molecule has 96 valence electrons. The first-order chi connectivity index (χ1) is 8.08. The van der Waals surface area contributed by atoms with E-state index in [1.807, 2.05) is 0 Å². The Labute approximate surface area is 115 Å². The van der Waals surface area contributed by atoms with Crippen molar-refractivity contribution in [3.63, 3.8) is 0 Å². The van der Waals surface area contributed by atoms with Gasteiger partial charge in [0, 0.05) is 5.03 Å². The van der Waals surface area contributed by atoms with Gasteiger partial charge in [0.05, 0.1) is 0 Å². The van der Waals surface area contributed by atoms with Crippen molar-refractivity contribution < 1.29 is 9.53 Å². The number of carbonyl (C=O) groups is 1. The molecule has 0 aromatic rings. The van der Waals surface area contributed by atoms with Crippen molar-refractivity contribution in [1.82, 2.24) is 5.32 Å². The largest absolute Gasteiger partial charge is 0.444 e. The number of allylic oxidation sites excluding steroid dienone is 1. The van der Waals surface area contributed by atoms with E-state index in [0.29, 0.717) is 5.03 Å². The Morgan fingerprint density at radius 1 is 1.53 bits per heavy atom. The SMILES string of the molecule is C=C(Cl)COC(=O)NC1SSC(CC)=C1CC. The van der Waals surface area contributed by atoms with Crippen LogP contribution in [0.2, 0.25) is 0 Å². The number of amides is 1. The Kier molecular flexibility index (Phi) is 6.30. The smallest absolute Gasteiger partial charge is 0.408 e. The van der Waals surface area contributed by atoms with Gasteiger partial charge in [-0.05, 0) is 23.3 Å². The molecule has 1 aliphatic heterocycles. The van der Waals surface area contributed by atoms with Gasteiger partial charge in [-0.25, -0.2) is 4.79 Å². The third-order valence-corrected chi connectivity index (χ3v) is 5.25. The summed E-state index contributed by atoms with van der Waals surface area (Å²) in [5.41, 5.74) is 1.28. The lowest BCUT2D eigenvalue weighted by molar-refractivity contribution is 0.157. The second-order valence-electron chi connectivity index (χ2n) is 3.45. The zero-order valence-corrected chi connectivity index (χ0v) is 12.3. The van der Waals surface area contributed by atoms with Gasteiger partial charge < -0.3 is 10.1 Å². The van der Waals surface area contributed by atoms with Crippen LogP contribution in [0.1, 0.15) is 26.7 Å². The monoisotopic (exact) mass is 293 g/mol. The predicted molar refractivity (Wildman–Crippen MR) is 76.1 cm³/mol. The number of hydrogen-bond acceptors (Lipinski definition) is 4. The third-order valence-electron chi connectivity index (χ3n) is 2.23. The lowest BCUT2D eigenvalue weighted by atomic mass is 10.1. The van der Waals surface area contributed by atoms with Crippen molar-refractivity contribution in [1.29, 1.82) is 0 Å². The normalized spacial score (nSPS) is 19.4. The Balaban J connectivity index is 2.49. The molecule has 0 spiro atoms. The van der Waals surface area contributed by atoms with Crippen molar-refractivity contribution in [3.8, 4) is 0 Å². The number of nitrogens with one attached hydrogen (secondary N) is 1. The number of hydrogen-bond donors (Lipinski definition) is 1. The van der Waals surface area contributed by atoms with Crippen LogP contribution in [0.4, 0.5) is 4.79 Å². The zero-order valence-electron chi connectivity index (χ0n) is 9.92. The Morgan fingerprint density at radius 3 is 2.76 bits per heavy atom. The summed E-state index contributed by atoms with van der Waals surface area (Å²) >= 11 is 5.52. The molecule has 6 heteroatoms. The van der Waals surface area contributed by atoms with Gasteiger partial charge in [0.1, 0.15) is 12.0 Å². The summed E-state index contributed by atoms with van der Waals surface area (Å²) < 4.78 is 4.90. The Bertz CT molecular complexity index is 344. The molecule has 1 amide bonds. The Morgan fingerprint density at radius 2 is 2.24 bits per heavy atom. The highest BCUT2D eigenvalue weighted by molar-refractivity contribution is 8.78. The van der Waals surface area contributed by atoms with E-state index in [0.717, 1.165) is 12.8 Å². The summed E-state index contributed by atoms with van der Waals surface area (Å²) in [4.78, 5) is 12.8. The first kappa shape index (κ1) is 14.8. The molecule has 0 aromatic carbocycles. The lowest BCUT2D eigenvalue weighted by Crippen LogP contribution is -2.33. The zero-order chi connectivity index (χ0) is 12.8. The van der Waals surface area contributed by atoms with Crippen molar-refractivity contribution in [2.75, 3.05) is 6.61 Å². The van der Waals surface area contributed by atoms with Gasteiger partial charge in [0.15, 0.2) is 0 Å². The van der Waals surface area contributed by atoms with E-state index >= 15 is 0 Å². The quantitative estimate of drug-likeness (QED) is 0.769. The van der Waals surface area contributed by atoms with Gasteiger partial charge in [0.2, 0.25) is 0 Å². The van der Waals surface area contributed by atoms with Gasteiger partial charge in [-0.1, -0.05) is 53.6 Å². The second-order valence-corrected chi connectivity index (χ2v) is 6.39. The molecule has 0 saturated heterocycles. The van der Waals surface area contributed by atoms with Crippen LogP contribution in [0.3, 0.4) is 0 Å². The van der Waals surface area contributed by atoms with Gasteiger partial charge in [-0.2, -0.15) is 0 Å². The average Bonchev–Trinajstić information content (AvgIpc) is 2.68. The number of rotatable bonds is 5. The first-order valence-electron chi connectivity index (χ1n) is 5.40. The van der Waals surface area contributed by atoms with E-state index in [1.54, 1.807) is 21.6 Å². The molecule has 0 aliphatic carbocycles. The number of alkyl carbamates (subject to hydrolysis) is 1. The number of ether oxygens (including phenoxy) is 1. The highest BCUT2D eigenvalue weighted by Crippen LogP contribution is 2.47. The fourth-order valence-corrected chi connectivity index (χ4v) is 4.64. The number of carbonyl (C=O) groups excluding carboxylic acids is 1. The van der Waals surface area contributed by atoms with Crippen LogP contribution in [0.5, 0.6) is 0 Å². The maximum Gasteiger partial charge on any atom is 0.408 e. The highest BCUT2D eigenvalue weighted by Gasteiger charge is 2.26. The minimum Gasteiger partial charge on any atom is -0.444 e. The Hall–Kier alpha value is -0.260. The van der Waals surface area contributed by atoms with Gasteiger partial charge in [0.25, 0.3) is 0 Å². The standard InChI is InChI=1S/C11H16ClNO2S2/c1-4-8-9(5-2)16-17-10(8)13-11(14)15-6-7(3)12/h10H,3-6H2,1-2H3,(H,13,14). The molecular formula is C11H16ClNO2S2. The second kappa shape index (κ2) is 7.24. The minimum atomic E-state index is -0.451. The summed E-state index contributed by atoms with van der Waals surface area (Å²) in [6, 6.07) is 0. The molecule has 0 bridgehead atoms. The summed E-state index contributed by atoms with van der Waals surface area (Å²) in [5.74, 6) is 0. The van der Waals surface area contributed by atoms with E-state index in [9.17, 15) is 4.79 Å². The van der Waals surface area contributed by atoms with E-state index in [-0.39, 0.29) is 12.0 Å². The van der Waals surface area contributed by atoms with Gasteiger partial charge in [-0.3, -0.25) is 0 Å². The van der Waals surface area contributed by atoms with Crippen molar-refractivity contribution in [3.05, 3.63) is 22.1 Å². The summed E-state index contributed by atoms with van der Waals surface area (Å²) in [6.45, 7) is 7.72. The molecular weight excluding hydrogens is 278 g/mol. The molecule has 0 saturated carbocycles. The molecule has 1 unspecified atom stereocenters. The summed E-state index contributed by atoms with van der Waals surface area (Å²) in [6.07, 6.45) is 1.50. The average molecular weight is 294 g/mol. The fourth-order valence-electron chi connectivity index (χ4n) is 1.44. The first-order valence-corrected chi connectivity index (χ1v) is 7.99. The van der Waals surface area contributed by atoms with Crippen LogP contribution in [0.25, 0.3) is 0 Å². The van der Waals surface area contributed by atoms with Crippen molar-refractivity contribution in [2.45, 2.75) is 32.1 Å². The third kappa shape index (κ3) is 4.48. The van der Waals surface area contributed by atoms with Crippen LogP contribution in [0.15, 0.2) is 22.1 Å². The molecule has 1 aliphatic rings. The van der Waals surface area contributed by atoms with E-state index in [1.165, 1.54) is 10.5 Å². The maximum atomic E-state index is 11.5. The van der Waals surface area contributed by atoms with Crippen LogP contribution < -0.4 is 5.32 Å². The molecule has 0 radical (unpaired) electrons. The summed E-state index contributed by atoms with van der Waals surface area (Å²) in [7, 11) is 3.38. The molecule has 17 heavy (non-hydrogen) atoms. The van der Waals surface area contributed by atoms with E-state index in [4.69, 9.17) is 16.3 Å². The molecule has 0 aromatic heterocycles. The van der Waals surface area contributed by atoms with Gasteiger partial charge >= 0.3 is 6.09 Å². The van der Waals surface area contributed by atoms with Crippen LogP contribution in [0, 0.1) is 0 Å². The minimum absolute atomic E-state index is 0.0102. The fraction of sp³-hybridized carbons (Fsp3) is 0.545. The van der Waals surface area contributed by atoms with Crippen molar-refractivity contribution >= 4 is 39.3 Å². The molecule has 1 rings (SSSR count). The maximum absolute atomic E-state index is 11.5. The molecule has 1 N–H and O–H groups in total. The molecule has 1 atom stereocenters. The highest BCUT2D eigenvalue weighted by atomic mass is 35.5. The van der Waals surface area contributed by atoms with E-state index < -0.39 is 6.09 Å². The predicted octanol–water partition coefficient (Wildman–Crippen LogP) is 4.26. The van der Waals surface area contributed by atoms with E-state index in [2.05, 4.69) is 25.7 Å². The van der Waals surface area contributed by atoms with Crippen molar-refractivity contribution in [2.24, 2.45) is 0 Å². The van der Waals surface area contributed by atoms with Crippen LogP contribution in [-0.2, 0) is 4.74 Å². The van der Waals surface area contributed by atoms with Crippen LogP contribution in [-0.4, -0.2) is 18.1 Å².